The van der Waals surface area contributed by atoms with E-state index in [-0.39, 0.29) is 18.5 Å². The number of aliphatic carboxylic acids is 1. The molecule has 0 aromatic heterocycles. The van der Waals surface area contributed by atoms with E-state index in [1.807, 2.05) is 4.90 Å². The van der Waals surface area contributed by atoms with Crippen molar-refractivity contribution in [3.05, 3.63) is 0 Å². The standard InChI is InChI=1S/C13H22N2O3/c1-14-11(7-8-12(16)17)9-15(13(14)18)10-5-3-2-4-6-10/h10-11H,2-9H2,1H3,(H,16,17). The van der Waals surface area contributed by atoms with Crippen molar-refractivity contribution in [3.8, 4) is 0 Å². The Morgan fingerprint density at radius 2 is 2.00 bits per heavy atom. The number of nitrogens with zero attached hydrogens (tertiary/aromatic N) is 2. The summed E-state index contributed by atoms with van der Waals surface area (Å²) in [6, 6.07) is 0.524. The van der Waals surface area contributed by atoms with Crippen molar-refractivity contribution >= 4 is 12.0 Å². The molecule has 1 saturated heterocycles. The van der Waals surface area contributed by atoms with Gasteiger partial charge in [0, 0.05) is 26.1 Å². The van der Waals surface area contributed by atoms with Crippen molar-refractivity contribution < 1.29 is 14.7 Å². The van der Waals surface area contributed by atoms with Gasteiger partial charge in [-0.3, -0.25) is 4.79 Å². The highest BCUT2D eigenvalue weighted by Gasteiger charge is 2.38. The number of likely N-dealkylation sites (N-methyl/N-ethyl adjacent to an activating group) is 1. The molecule has 0 radical (unpaired) electrons. The number of hydrogen-bond donors (Lipinski definition) is 1. The molecule has 0 bridgehead atoms. The van der Waals surface area contributed by atoms with Gasteiger partial charge in [-0.05, 0) is 19.3 Å². The third-order valence-electron chi connectivity index (χ3n) is 4.21. The molecular formula is C13H22N2O3. The number of amides is 2. The molecule has 0 aromatic carbocycles. The molecule has 1 aliphatic heterocycles. The summed E-state index contributed by atoms with van der Waals surface area (Å²) < 4.78 is 0. The van der Waals surface area contributed by atoms with E-state index in [0.29, 0.717) is 19.0 Å². The van der Waals surface area contributed by atoms with Gasteiger partial charge in [-0.2, -0.15) is 0 Å². The molecule has 1 heterocycles. The highest BCUT2D eigenvalue weighted by Crippen LogP contribution is 2.28. The van der Waals surface area contributed by atoms with Gasteiger partial charge >= 0.3 is 12.0 Å². The van der Waals surface area contributed by atoms with Crippen molar-refractivity contribution in [3.63, 3.8) is 0 Å². The van der Waals surface area contributed by atoms with Gasteiger partial charge in [0.05, 0.1) is 6.04 Å². The first-order valence-corrected chi connectivity index (χ1v) is 6.85. The first-order chi connectivity index (χ1) is 8.59. The fourth-order valence-electron chi connectivity index (χ4n) is 3.06. The number of rotatable bonds is 4. The van der Waals surface area contributed by atoms with Crippen LogP contribution in [0, 0.1) is 0 Å². The highest BCUT2D eigenvalue weighted by molar-refractivity contribution is 5.77. The molecule has 2 fully saturated rings. The molecule has 0 spiro atoms. The van der Waals surface area contributed by atoms with Crippen molar-refractivity contribution in [2.75, 3.05) is 13.6 Å². The van der Waals surface area contributed by atoms with Gasteiger partial charge in [-0.25, -0.2) is 4.79 Å². The van der Waals surface area contributed by atoms with E-state index < -0.39 is 5.97 Å². The van der Waals surface area contributed by atoms with Gasteiger partial charge in [-0.1, -0.05) is 19.3 Å². The zero-order chi connectivity index (χ0) is 13.1. The zero-order valence-electron chi connectivity index (χ0n) is 11.0. The summed E-state index contributed by atoms with van der Waals surface area (Å²) in [4.78, 5) is 26.5. The second-order valence-corrected chi connectivity index (χ2v) is 5.42. The predicted molar refractivity (Wildman–Crippen MR) is 67.4 cm³/mol. The van der Waals surface area contributed by atoms with Crippen LogP contribution in [0.2, 0.25) is 0 Å². The Morgan fingerprint density at radius 1 is 1.33 bits per heavy atom. The molecule has 1 unspecified atom stereocenters. The summed E-state index contributed by atoms with van der Waals surface area (Å²) in [5, 5.41) is 8.72. The molecule has 2 rings (SSSR count). The smallest absolute Gasteiger partial charge is 0.320 e. The Kier molecular flexibility index (Phi) is 4.09. The Balaban J connectivity index is 1.93. The Bertz CT molecular complexity index is 326. The Morgan fingerprint density at radius 3 is 2.61 bits per heavy atom. The minimum Gasteiger partial charge on any atom is -0.481 e. The van der Waals surface area contributed by atoms with Crippen molar-refractivity contribution in [2.24, 2.45) is 0 Å². The lowest BCUT2D eigenvalue weighted by Gasteiger charge is -2.30. The van der Waals surface area contributed by atoms with Crippen LogP contribution in [-0.4, -0.2) is 52.6 Å². The summed E-state index contributed by atoms with van der Waals surface area (Å²) in [6.45, 7) is 0.702. The third-order valence-corrected chi connectivity index (χ3v) is 4.21. The van der Waals surface area contributed by atoms with Crippen LogP contribution in [0.1, 0.15) is 44.9 Å². The van der Waals surface area contributed by atoms with Crippen molar-refractivity contribution in [2.45, 2.75) is 57.0 Å². The molecule has 1 atom stereocenters. The van der Waals surface area contributed by atoms with Gasteiger partial charge in [0.25, 0.3) is 0 Å². The Hall–Kier alpha value is -1.26. The SMILES string of the molecule is CN1C(=O)N(C2CCCCC2)CC1CCC(=O)O. The average molecular weight is 254 g/mol. The quantitative estimate of drug-likeness (QED) is 0.833. The number of carbonyl (C=O) groups excluding carboxylic acids is 1. The first-order valence-electron chi connectivity index (χ1n) is 6.85. The Labute approximate surface area is 108 Å². The lowest BCUT2D eigenvalue weighted by molar-refractivity contribution is -0.137. The molecule has 5 heteroatoms. The van der Waals surface area contributed by atoms with Crippen LogP contribution >= 0.6 is 0 Å². The maximum atomic E-state index is 12.2. The molecular weight excluding hydrogens is 232 g/mol. The van der Waals surface area contributed by atoms with Crippen LogP contribution in [-0.2, 0) is 4.79 Å². The lowest BCUT2D eigenvalue weighted by Crippen LogP contribution is -2.39. The van der Waals surface area contributed by atoms with E-state index in [1.54, 1.807) is 11.9 Å². The molecule has 18 heavy (non-hydrogen) atoms. The van der Waals surface area contributed by atoms with Crippen LogP contribution in [0.3, 0.4) is 0 Å². The van der Waals surface area contributed by atoms with Gasteiger partial charge in [0.2, 0.25) is 0 Å². The second kappa shape index (κ2) is 5.59. The summed E-state index contributed by atoms with van der Waals surface area (Å²) in [5.41, 5.74) is 0. The second-order valence-electron chi connectivity index (χ2n) is 5.42. The first kappa shape index (κ1) is 13.2. The van der Waals surface area contributed by atoms with Crippen LogP contribution in [0.4, 0.5) is 4.79 Å². The van der Waals surface area contributed by atoms with Crippen LogP contribution in [0.25, 0.3) is 0 Å². The normalized spacial score (nSPS) is 25.8. The van der Waals surface area contributed by atoms with Crippen molar-refractivity contribution in [1.29, 1.82) is 0 Å². The van der Waals surface area contributed by atoms with Crippen LogP contribution in [0.5, 0.6) is 0 Å². The fraction of sp³-hybridized carbons (Fsp3) is 0.846. The van der Waals surface area contributed by atoms with Crippen LogP contribution < -0.4 is 0 Å². The largest absolute Gasteiger partial charge is 0.481 e. The predicted octanol–water partition coefficient (Wildman–Crippen LogP) is 1.92. The molecule has 2 amide bonds. The van der Waals surface area contributed by atoms with E-state index >= 15 is 0 Å². The van der Waals surface area contributed by atoms with Gasteiger partial charge in [0.15, 0.2) is 0 Å². The highest BCUT2D eigenvalue weighted by atomic mass is 16.4. The number of carbonyl (C=O) groups is 2. The van der Waals surface area contributed by atoms with Gasteiger partial charge in [-0.15, -0.1) is 0 Å². The van der Waals surface area contributed by atoms with E-state index in [1.165, 1.54) is 19.3 Å². The van der Waals surface area contributed by atoms with E-state index in [0.717, 1.165) is 12.8 Å². The number of carboxylic acids is 1. The summed E-state index contributed by atoms with van der Waals surface area (Å²) in [7, 11) is 1.79. The molecule has 102 valence electrons. The topological polar surface area (TPSA) is 60.9 Å². The van der Waals surface area contributed by atoms with Crippen LogP contribution in [0.15, 0.2) is 0 Å². The number of urea groups is 1. The minimum absolute atomic E-state index is 0.0653. The molecule has 1 aliphatic carbocycles. The molecule has 1 saturated carbocycles. The zero-order valence-corrected chi connectivity index (χ0v) is 11.0. The minimum atomic E-state index is -0.785. The maximum absolute atomic E-state index is 12.2. The summed E-state index contributed by atoms with van der Waals surface area (Å²) in [5.74, 6) is -0.785. The lowest BCUT2D eigenvalue weighted by atomic mass is 9.94. The van der Waals surface area contributed by atoms with Crippen molar-refractivity contribution in [1.82, 2.24) is 9.80 Å². The van der Waals surface area contributed by atoms with E-state index in [2.05, 4.69) is 0 Å². The van der Waals surface area contributed by atoms with Gasteiger partial charge in [0.1, 0.15) is 0 Å². The molecule has 0 aromatic rings. The molecule has 1 N–H and O–H groups in total. The maximum Gasteiger partial charge on any atom is 0.320 e. The van der Waals surface area contributed by atoms with E-state index in [9.17, 15) is 9.59 Å². The summed E-state index contributed by atoms with van der Waals surface area (Å²) >= 11 is 0. The molecule has 2 aliphatic rings. The number of carboxylic acid groups (broad SMARTS) is 1. The molecule has 5 nitrogen and oxygen atoms in total. The fourth-order valence-corrected chi connectivity index (χ4v) is 3.06. The monoisotopic (exact) mass is 254 g/mol. The summed E-state index contributed by atoms with van der Waals surface area (Å²) in [6.07, 6.45) is 6.59. The number of hydrogen-bond acceptors (Lipinski definition) is 2. The average Bonchev–Trinajstić information content (AvgIpc) is 2.65. The van der Waals surface area contributed by atoms with Gasteiger partial charge < -0.3 is 14.9 Å². The van der Waals surface area contributed by atoms with E-state index in [4.69, 9.17) is 5.11 Å². The third kappa shape index (κ3) is 2.76.